The summed E-state index contributed by atoms with van der Waals surface area (Å²) >= 11 is 1.13. The highest BCUT2D eigenvalue weighted by Crippen LogP contribution is 2.22. The summed E-state index contributed by atoms with van der Waals surface area (Å²) in [5.41, 5.74) is 1.21. The Morgan fingerprint density at radius 1 is 1.46 bits per heavy atom. The number of hydrogen-bond acceptors (Lipinski definition) is 5. The first kappa shape index (κ1) is 18.1. The quantitative estimate of drug-likeness (QED) is 0.554. The lowest BCUT2D eigenvalue weighted by Crippen LogP contribution is -2.08. The first-order valence-electron chi connectivity index (χ1n) is 7.61. The maximum Gasteiger partial charge on any atom is 0.313 e. The Morgan fingerprint density at radius 3 is 2.92 bits per heavy atom. The number of aromatic nitrogens is 3. The number of hydrogen-bond donors (Lipinski definition) is 1. The molecule has 0 atom stereocenters. The number of aliphatic carboxylic acids is 1. The molecule has 0 aliphatic heterocycles. The van der Waals surface area contributed by atoms with Crippen LogP contribution in [0.15, 0.2) is 42.1 Å². The fourth-order valence-corrected chi connectivity index (χ4v) is 2.77. The molecule has 2 aromatic rings. The van der Waals surface area contributed by atoms with Crippen molar-refractivity contribution in [3.05, 3.63) is 48.3 Å². The minimum Gasteiger partial charge on any atom is -0.486 e. The van der Waals surface area contributed by atoms with E-state index in [0.29, 0.717) is 23.4 Å². The van der Waals surface area contributed by atoms with Crippen molar-refractivity contribution in [2.75, 3.05) is 5.75 Å². The first-order chi connectivity index (χ1) is 11.5. The van der Waals surface area contributed by atoms with Gasteiger partial charge in [0.1, 0.15) is 12.4 Å². The van der Waals surface area contributed by atoms with Crippen molar-refractivity contribution < 1.29 is 14.6 Å². The summed E-state index contributed by atoms with van der Waals surface area (Å²) in [6.45, 7) is 8.74. The molecule has 0 aliphatic carbocycles. The van der Waals surface area contributed by atoms with Gasteiger partial charge in [0.15, 0.2) is 11.0 Å². The van der Waals surface area contributed by atoms with Crippen LogP contribution in [0, 0.1) is 0 Å². The topological polar surface area (TPSA) is 77.2 Å². The monoisotopic (exact) mass is 347 g/mol. The van der Waals surface area contributed by atoms with E-state index >= 15 is 0 Å². The summed E-state index contributed by atoms with van der Waals surface area (Å²) in [7, 11) is 0. The Balaban J connectivity index is 2.10. The van der Waals surface area contributed by atoms with Crippen LogP contribution in [0.3, 0.4) is 0 Å². The van der Waals surface area contributed by atoms with Gasteiger partial charge in [0, 0.05) is 6.54 Å². The van der Waals surface area contributed by atoms with Crippen molar-refractivity contribution in [3.63, 3.8) is 0 Å². The molecular formula is C17H21N3O3S. The lowest BCUT2D eigenvalue weighted by molar-refractivity contribution is -0.133. The smallest absolute Gasteiger partial charge is 0.313 e. The highest BCUT2D eigenvalue weighted by molar-refractivity contribution is 7.99. The van der Waals surface area contributed by atoms with Gasteiger partial charge in [0.05, 0.1) is 5.75 Å². The van der Waals surface area contributed by atoms with Crippen molar-refractivity contribution in [3.8, 4) is 5.75 Å². The highest BCUT2D eigenvalue weighted by Gasteiger charge is 2.13. The zero-order valence-corrected chi connectivity index (χ0v) is 14.6. The molecule has 0 radical (unpaired) electrons. The Bertz CT molecular complexity index is 713. The molecule has 2 rings (SSSR count). The Labute approximate surface area is 145 Å². The van der Waals surface area contributed by atoms with E-state index in [-0.39, 0.29) is 12.4 Å². The molecular weight excluding hydrogens is 326 g/mol. The average molecular weight is 347 g/mol. The normalized spacial score (nSPS) is 10.8. The lowest BCUT2D eigenvalue weighted by atomic mass is 10.0. The van der Waals surface area contributed by atoms with Gasteiger partial charge >= 0.3 is 5.97 Å². The van der Waals surface area contributed by atoms with Crippen molar-refractivity contribution in [1.29, 1.82) is 0 Å². The van der Waals surface area contributed by atoms with Crippen molar-refractivity contribution in [2.24, 2.45) is 0 Å². The average Bonchev–Trinajstić information content (AvgIpc) is 2.93. The van der Waals surface area contributed by atoms with E-state index in [1.165, 1.54) is 5.56 Å². The molecule has 0 unspecified atom stereocenters. The number of carboxylic acids is 1. The molecule has 1 aromatic carbocycles. The van der Waals surface area contributed by atoms with Crippen LogP contribution in [0.5, 0.6) is 5.75 Å². The molecule has 24 heavy (non-hydrogen) atoms. The second-order valence-corrected chi connectivity index (χ2v) is 6.44. The predicted molar refractivity (Wildman–Crippen MR) is 93.4 cm³/mol. The largest absolute Gasteiger partial charge is 0.486 e. The summed E-state index contributed by atoms with van der Waals surface area (Å²) in [4.78, 5) is 10.7. The minimum absolute atomic E-state index is 0.0629. The summed E-state index contributed by atoms with van der Waals surface area (Å²) in [6, 6.07) is 7.95. The fraction of sp³-hybridized carbons (Fsp3) is 0.353. The maximum absolute atomic E-state index is 10.7. The highest BCUT2D eigenvalue weighted by atomic mass is 32.2. The molecule has 0 spiro atoms. The van der Waals surface area contributed by atoms with Gasteiger partial charge in [-0.2, -0.15) is 0 Å². The molecule has 6 nitrogen and oxygen atoms in total. The number of benzene rings is 1. The summed E-state index contributed by atoms with van der Waals surface area (Å²) in [5, 5.41) is 17.5. The van der Waals surface area contributed by atoms with Crippen LogP contribution in [-0.4, -0.2) is 31.6 Å². The van der Waals surface area contributed by atoms with Gasteiger partial charge in [0.2, 0.25) is 0 Å². The third kappa shape index (κ3) is 4.86. The SMILES string of the molecule is C=CCn1c(COc2cccc(C(C)C)c2)nnc1SCC(=O)O. The fourth-order valence-electron chi connectivity index (χ4n) is 2.08. The van der Waals surface area contributed by atoms with Crippen molar-refractivity contribution >= 4 is 17.7 Å². The van der Waals surface area contributed by atoms with Crippen LogP contribution in [0.4, 0.5) is 0 Å². The Kier molecular flexibility index (Phi) is 6.43. The van der Waals surface area contributed by atoms with E-state index in [2.05, 4.69) is 36.7 Å². The molecule has 0 aliphatic rings. The molecule has 7 heteroatoms. The van der Waals surface area contributed by atoms with Crippen LogP contribution in [-0.2, 0) is 17.9 Å². The molecule has 1 heterocycles. The molecule has 0 saturated carbocycles. The van der Waals surface area contributed by atoms with Gasteiger partial charge in [-0.05, 0) is 23.6 Å². The van der Waals surface area contributed by atoms with Gasteiger partial charge in [-0.1, -0.05) is 43.8 Å². The summed E-state index contributed by atoms with van der Waals surface area (Å²) in [5.74, 6) is 0.882. The van der Waals surface area contributed by atoms with Crippen molar-refractivity contribution in [1.82, 2.24) is 14.8 Å². The number of carboxylic acid groups (broad SMARTS) is 1. The van der Waals surface area contributed by atoms with E-state index in [0.717, 1.165) is 17.5 Å². The van der Waals surface area contributed by atoms with Gasteiger partial charge in [-0.3, -0.25) is 9.36 Å². The van der Waals surface area contributed by atoms with Crippen LogP contribution in [0.2, 0.25) is 0 Å². The molecule has 1 aromatic heterocycles. The Hall–Kier alpha value is -2.28. The third-order valence-corrected chi connectivity index (χ3v) is 4.27. The van der Waals surface area contributed by atoms with Crippen LogP contribution in [0.25, 0.3) is 0 Å². The van der Waals surface area contributed by atoms with Crippen LogP contribution < -0.4 is 4.74 Å². The van der Waals surface area contributed by atoms with Gasteiger partial charge in [-0.25, -0.2) is 0 Å². The number of thioether (sulfide) groups is 1. The summed E-state index contributed by atoms with van der Waals surface area (Å²) in [6.07, 6.45) is 1.72. The molecule has 0 fully saturated rings. The van der Waals surface area contributed by atoms with E-state index in [1.54, 1.807) is 6.08 Å². The van der Waals surface area contributed by atoms with E-state index in [9.17, 15) is 4.79 Å². The standard InChI is InChI=1S/C17H21N3O3S/c1-4-8-20-15(18-19-17(20)24-11-16(21)22)10-23-14-7-5-6-13(9-14)12(2)3/h4-7,9,12H,1,8,10-11H2,2-3H3,(H,21,22). The molecule has 0 bridgehead atoms. The zero-order chi connectivity index (χ0) is 17.5. The molecule has 0 amide bonds. The number of nitrogens with zero attached hydrogens (tertiary/aromatic N) is 3. The second-order valence-electron chi connectivity index (χ2n) is 5.50. The maximum atomic E-state index is 10.7. The van der Waals surface area contributed by atoms with E-state index in [4.69, 9.17) is 9.84 Å². The molecule has 128 valence electrons. The van der Waals surface area contributed by atoms with Crippen molar-refractivity contribution in [2.45, 2.75) is 38.1 Å². The number of carbonyl (C=O) groups is 1. The van der Waals surface area contributed by atoms with Gasteiger partial charge in [0.25, 0.3) is 0 Å². The predicted octanol–water partition coefficient (Wildman–Crippen LogP) is 3.34. The van der Waals surface area contributed by atoms with Crippen LogP contribution >= 0.6 is 11.8 Å². The van der Waals surface area contributed by atoms with Gasteiger partial charge in [-0.15, -0.1) is 16.8 Å². The third-order valence-electron chi connectivity index (χ3n) is 3.32. The molecule has 1 N–H and O–H groups in total. The zero-order valence-electron chi connectivity index (χ0n) is 13.8. The number of ether oxygens (including phenoxy) is 1. The number of allylic oxidation sites excluding steroid dienone is 1. The molecule has 0 saturated heterocycles. The second kappa shape index (κ2) is 8.54. The minimum atomic E-state index is -0.892. The van der Waals surface area contributed by atoms with E-state index < -0.39 is 5.97 Å². The van der Waals surface area contributed by atoms with Gasteiger partial charge < -0.3 is 9.84 Å². The number of rotatable bonds is 9. The van der Waals surface area contributed by atoms with Crippen LogP contribution in [0.1, 0.15) is 31.2 Å². The first-order valence-corrected chi connectivity index (χ1v) is 8.60. The summed E-state index contributed by atoms with van der Waals surface area (Å²) < 4.78 is 7.64. The Morgan fingerprint density at radius 2 is 2.25 bits per heavy atom. The van der Waals surface area contributed by atoms with E-state index in [1.807, 2.05) is 22.8 Å². The lowest BCUT2D eigenvalue weighted by Gasteiger charge is -2.11.